The molecule has 4 rings (SSSR count). The SMILES string of the molecule is CCOc1ccc(CC(=O)N/N=C\c2c(C)n(Cc3ccccc3C)c3ccccc23)cc1. The van der Waals surface area contributed by atoms with E-state index in [-0.39, 0.29) is 12.3 Å². The van der Waals surface area contributed by atoms with Crippen LogP contribution < -0.4 is 10.2 Å². The summed E-state index contributed by atoms with van der Waals surface area (Å²) in [5, 5.41) is 5.39. The molecule has 5 heteroatoms. The molecule has 0 unspecified atom stereocenters. The van der Waals surface area contributed by atoms with Gasteiger partial charge in [-0.3, -0.25) is 4.79 Å². The van der Waals surface area contributed by atoms with Gasteiger partial charge >= 0.3 is 0 Å². The highest BCUT2D eigenvalue weighted by molar-refractivity contribution is 6.01. The summed E-state index contributed by atoms with van der Waals surface area (Å²) in [6.07, 6.45) is 2.01. The van der Waals surface area contributed by atoms with Crippen molar-refractivity contribution in [1.82, 2.24) is 9.99 Å². The number of rotatable bonds is 8. The van der Waals surface area contributed by atoms with E-state index in [1.807, 2.05) is 37.3 Å². The largest absolute Gasteiger partial charge is 0.494 e. The number of hydrogen-bond acceptors (Lipinski definition) is 3. The van der Waals surface area contributed by atoms with Gasteiger partial charge in [0.2, 0.25) is 5.91 Å². The molecule has 1 amide bonds. The van der Waals surface area contributed by atoms with E-state index in [9.17, 15) is 4.79 Å². The van der Waals surface area contributed by atoms with Crippen molar-refractivity contribution in [2.75, 3.05) is 6.61 Å². The van der Waals surface area contributed by atoms with Crippen LogP contribution >= 0.6 is 0 Å². The molecule has 1 N–H and O–H groups in total. The molecule has 0 fully saturated rings. The maximum Gasteiger partial charge on any atom is 0.244 e. The Labute approximate surface area is 194 Å². The Morgan fingerprint density at radius 2 is 1.73 bits per heavy atom. The Morgan fingerprint density at radius 1 is 1.00 bits per heavy atom. The number of benzene rings is 3. The Morgan fingerprint density at radius 3 is 2.48 bits per heavy atom. The predicted molar refractivity (Wildman–Crippen MR) is 134 cm³/mol. The van der Waals surface area contributed by atoms with E-state index in [4.69, 9.17) is 4.74 Å². The monoisotopic (exact) mass is 439 g/mol. The van der Waals surface area contributed by atoms with E-state index < -0.39 is 0 Å². The van der Waals surface area contributed by atoms with Crippen molar-refractivity contribution in [3.8, 4) is 5.75 Å². The van der Waals surface area contributed by atoms with Crippen LogP contribution in [0.2, 0.25) is 0 Å². The molecule has 0 atom stereocenters. The molecule has 33 heavy (non-hydrogen) atoms. The molecule has 0 bridgehead atoms. The zero-order valence-electron chi connectivity index (χ0n) is 19.3. The van der Waals surface area contributed by atoms with Crippen LogP contribution in [0.5, 0.6) is 5.75 Å². The summed E-state index contributed by atoms with van der Waals surface area (Å²) in [5.74, 6) is 0.647. The fourth-order valence-corrected chi connectivity index (χ4v) is 4.05. The number of para-hydroxylation sites is 1. The minimum atomic E-state index is -0.156. The second-order valence-electron chi connectivity index (χ2n) is 8.08. The lowest BCUT2D eigenvalue weighted by molar-refractivity contribution is -0.120. The topological polar surface area (TPSA) is 55.6 Å². The van der Waals surface area contributed by atoms with Gasteiger partial charge in [0.15, 0.2) is 0 Å². The quantitative estimate of drug-likeness (QED) is 0.295. The average molecular weight is 440 g/mol. The first-order valence-electron chi connectivity index (χ1n) is 11.2. The average Bonchev–Trinajstić information content (AvgIpc) is 3.08. The number of aryl methyl sites for hydroxylation is 1. The number of nitrogens with zero attached hydrogens (tertiary/aromatic N) is 2. The lowest BCUT2D eigenvalue weighted by Gasteiger charge is -2.11. The van der Waals surface area contributed by atoms with Gasteiger partial charge in [-0.05, 0) is 55.7 Å². The fraction of sp³-hybridized carbons (Fsp3) is 0.214. The van der Waals surface area contributed by atoms with Gasteiger partial charge < -0.3 is 9.30 Å². The number of carbonyl (C=O) groups excluding carboxylic acids is 1. The van der Waals surface area contributed by atoms with Crippen LogP contribution in [0.15, 0.2) is 77.9 Å². The highest BCUT2D eigenvalue weighted by Crippen LogP contribution is 2.26. The smallest absolute Gasteiger partial charge is 0.244 e. The van der Waals surface area contributed by atoms with E-state index in [0.717, 1.165) is 40.0 Å². The lowest BCUT2D eigenvalue weighted by atomic mass is 10.1. The molecule has 0 radical (unpaired) electrons. The number of amides is 1. The number of carbonyl (C=O) groups is 1. The van der Waals surface area contributed by atoms with Gasteiger partial charge in [-0.25, -0.2) is 5.43 Å². The molecule has 4 aromatic rings. The van der Waals surface area contributed by atoms with Crippen molar-refractivity contribution in [1.29, 1.82) is 0 Å². The molecule has 1 heterocycles. The second-order valence-corrected chi connectivity index (χ2v) is 8.08. The third-order valence-corrected chi connectivity index (χ3v) is 5.85. The van der Waals surface area contributed by atoms with Crippen molar-refractivity contribution < 1.29 is 9.53 Å². The van der Waals surface area contributed by atoms with Crippen LogP contribution in [0, 0.1) is 13.8 Å². The van der Waals surface area contributed by atoms with Crippen LogP contribution in [0.3, 0.4) is 0 Å². The van der Waals surface area contributed by atoms with Crippen LogP contribution in [0.4, 0.5) is 0 Å². The third-order valence-electron chi connectivity index (χ3n) is 5.85. The first-order chi connectivity index (χ1) is 16.1. The number of hydrogen-bond donors (Lipinski definition) is 1. The Bertz CT molecular complexity index is 1290. The summed E-state index contributed by atoms with van der Waals surface area (Å²) in [6.45, 7) is 7.59. The molecular formula is C28H29N3O2. The maximum atomic E-state index is 12.4. The molecule has 0 saturated carbocycles. The maximum absolute atomic E-state index is 12.4. The minimum Gasteiger partial charge on any atom is -0.494 e. The zero-order chi connectivity index (χ0) is 23.2. The molecule has 0 spiro atoms. The molecule has 0 saturated heterocycles. The van der Waals surface area contributed by atoms with Gasteiger partial charge in [-0.15, -0.1) is 0 Å². The molecular weight excluding hydrogens is 410 g/mol. The first-order valence-corrected chi connectivity index (χ1v) is 11.2. The highest BCUT2D eigenvalue weighted by atomic mass is 16.5. The van der Waals surface area contributed by atoms with Crippen LogP contribution in [0.1, 0.15) is 34.9 Å². The van der Waals surface area contributed by atoms with Crippen LogP contribution in [-0.4, -0.2) is 23.3 Å². The first kappa shape index (κ1) is 22.3. The van der Waals surface area contributed by atoms with Gasteiger partial charge in [0.05, 0.1) is 19.2 Å². The van der Waals surface area contributed by atoms with Gasteiger partial charge in [-0.2, -0.15) is 5.10 Å². The number of fused-ring (bicyclic) bond motifs is 1. The van der Waals surface area contributed by atoms with Crippen molar-refractivity contribution in [3.63, 3.8) is 0 Å². The summed E-state index contributed by atoms with van der Waals surface area (Å²) >= 11 is 0. The molecule has 5 nitrogen and oxygen atoms in total. The van der Waals surface area contributed by atoms with Crippen molar-refractivity contribution in [2.45, 2.75) is 33.7 Å². The van der Waals surface area contributed by atoms with Crippen LogP contribution in [-0.2, 0) is 17.8 Å². The standard InChI is InChI=1S/C28H29N3O2/c1-4-33-24-15-13-22(14-16-24)17-28(32)30-29-18-26-21(3)31(27-12-8-7-11-25(26)27)19-23-10-6-5-9-20(23)2/h5-16,18H,4,17,19H2,1-3H3,(H,30,32)/b29-18-. The van der Waals surface area contributed by atoms with Crippen molar-refractivity contribution in [3.05, 3.63) is 101 Å². The van der Waals surface area contributed by atoms with E-state index in [1.54, 1.807) is 6.21 Å². The zero-order valence-corrected chi connectivity index (χ0v) is 19.3. The number of nitrogens with one attached hydrogen (secondary N) is 1. The summed E-state index contributed by atoms with van der Waals surface area (Å²) in [6, 6.07) is 24.3. The molecule has 0 aliphatic carbocycles. The van der Waals surface area contributed by atoms with E-state index in [2.05, 4.69) is 71.4 Å². The Kier molecular flexibility index (Phi) is 6.89. The second kappa shape index (κ2) is 10.2. The number of ether oxygens (including phenoxy) is 1. The third kappa shape index (κ3) is 5.14. The Hall–Kier alpha value is -3.86. The molecule has 3 aromatic carbocycles. The van der Waals surface area contributed by atoms with Crippen LogP contribution in [0.25, 0.3) is 10.9 Å². The summed E-state index contributed by atoms with van der Waals surface area (Å²) in [4.78, 5) is 12.4. The van der Waals surface area contributed by atoms with Crippen molar-refractivity contribution in [2.24, 2.45) is 5.10 Å². The summed E-state index contributed by atoms with van der Waals surface area (Å²) < 4.78 is 7.75. The molecule has 0 aliphatic rings. The Balaban J connectivity index is 1.50. The minimum absolute atomic E-state index is 0.156. The predicted octanol–water partition coefficient (Wildman–Crippen LogP) is 5.40. The summed E-state index contributed by atoms with van der Waals surface area (Å²) in [5.41, 5.74) is 9.42. The summed E-state index contributed by atoms with van der Waals surface area (Å²) in [7, 11) is 0. The van der Waals surface area contributed by atoms with Crippen molar-refractivity contribution >= 4 is 23.0 Å². The van der Waals surface area contributed by atoms with Gasteiger partial charge in [0, 0.05) is 28.7 Å². The van der Waals surface area contributed by atoms with Gasteiger partial charge in [-0.1, -0.05) is 54.6 Å². The molecule has 0 aliphatic heterocycles. The normalized spacial score (nSPS) is 11.2. The van der Waals surface area contributed by atoms with Gasteiger partial charge in [0.1, 0.15) is 5.75 Å². The molecule has 168 valence electrons. The lowest BCUT2D eigenvalue weighted by Crippen LogP contribution is -2.19. The van der Waals surface area contributed by atoms with E-state index in [1.165, 1.54) is 11.1 Å². The number of hydrazone groups is 1. The number of aromatic nitrogens is 1. The van der Waals surface area contributed by atoms with Gasteiger partial charge in [0.25, 0.3) is 0 Å². The molecule has 1 aromatic heterocycles. The fourth-order valence-electron chi connectivity index (χ4n) is 4.05. The highest BCUT2D eigenvalue weighted by Gasteiger charge is 2.13. The van der Waals surface area contributed by atoms with E-state index >= 15 is 0 Å². The van der Waals surface area contributed by atoms with E-state index in [0.29, 0.717) is 6.61 Å².